The minimum Gasteiger partial charge on any atom is -0.394 e. The molecule has 8 rings (SSSR count). The molecule has 46 heteroatoms. The summed E-state index contributed by atoms with van der Waals surface area (Å²) in [5, 5.41) is 246. The first-order chi connectivity index (χ1) is 49.2. The van der Waals surface area contributed by atoms with Gasteiger partial charge in [0.1, 0.15) is 195 Å². The molecule has 40 atom stereocenters. The first-order valence-corrected chi connectivity index (χ1v) is 33.1. The second-order valence-electron chi connectivity index (χ2n) is 26.1. The standard InChI is InChI=1S/C58H97N5O41/c1-14(71)59-27-39(83)45(23(10-68)91-51(27)89)99-54-30(62-17(4)74)41(85)47(25(12-70)96-54)101-56-44(88)48(36(80)26(98-56)13-90-57-49(42(86)34(78)21(8-66)94-57)103-53-29(61-16(3)73)38(82)33(77)20(7-65)93-53)102-58-50(43(87)35(79)22(9-67)95-58)104-55-31(63-18(5)75)40(84)46(24(11-69)97-55)100-52-28(60-15(2)72)37(81)32(76)19(6-64)92-52/h19-58,64-70,76-89H,6-13H2,1-5H3,(H,59,71)(H,60,72)(H,61,73)(H,62,74)(H,63,75)/t19-,20-,21-,22-,23-,24-,25-,26-,27-,28-,29-,30-,31-,32-,33-,34-,35-,36-,37-,38-,39-,40-,41-,42+,43+,44+,45-,46-,47-,48+,49+,50+,51-,52+,53+,54+,55+,56+,57+,58-/m1/s1. The highest BCUT2D eigenvalue weighted by Gasteiger charge is 2.60. The van der Waals surface area contributed by atoms with Gasteiger partial charge >= 0.3 is 0 Å². The predicted octanol–water partition coefficient (Wildman–Crippen LogP) is -17.7. The van der Waals surface area contributed by atoms with Crippen LogP contribution in [0.25, 0.3) is 0 Å². The monoisotopic (exact) mass is 1520 g/mol. The van der Waals surface area contributed by atoms with Gasteiger partial charge in [-0.05, 0) is 0 Å². The van der Waals surface area contributed by atoms with Crippen molar-refractivity contribution in [1.29, 1.82) is 0 Å². The molecular weight excluding hydrogens is 1420 g/mol. The number of aliphatic hydroxyl groups is 21. The zero-order valence-electron chi connectivity index (χ0n) is 56.3. The van der Waals surface area contributed by atoms with Crippen molar-refractivity contribution in [3.05, 3.63) is 0 Å². The number of aliphatic hydroxyl groups excluding tert-OH is 21. The molecule has 0 radical (unpaired) electrons. The molecule has 0 aromatic heterocycles. The van der Waals surface area contributed by atoms with E-state index in [0.717, 1.165) is 34.6 Å². The SMILES string of the molecule is CC(=O)N[C@@H]1[C@@H](O)[C@H](O[C@@H]2O[C@H](CO)[C@@H](O[C@@H]3O[C@H](CO[C@H]4O[C@H](CO)[C@@H](O)[C@H](O)[C@@H]4O[C@@H]4O[C@H](CO)[C@@H](O)[C@H](O)[C@H]4NC(C)=O)[C@@H](O)[C@H](O[C@H]4O[C@H](CO)[C@@H](O)[C@H](O)[C@@H]4O[C@@H]4O[C@H](CO)[C@@H](O[C@@H]5O[C@H](CO)[C@@H](O)[C@H](O)[C@H]5NC(C)=O)[C@H](O)[C@H]4NC(C)=O)[C@@H]3O)[C@H](O)[C@H]2NC(C)=O)[C@@H](CO)O[C@H]1O. The average Bonchev–Trinajstić information content (AvgIpc) is 0.778. The quantitative estimate of drug-likeness (QED) is 0.0363. The highest BCUT2D eigenvalue weighted by atomic mass is 16.8. The van der Waals surface area contributed by atoms with Crippen molar-refractivity contribution in [2.75, 3.05) is 52.9 Å². The summed E-state index contributed by atoms with van der Waals surface area (Å²) in [6.45, 7) is -3.56. The van der Waals surface area contributed by atoms with Gasteiger partial charge in [-0.25, -0.2) is 0 Å². The molecule has 104 heavy (non-hydrogen) atoms. The Morgan fingerprint density at radius 2 is 0.510 bits per heavy atom. The van der Waals surface area contributed by atoms with E-state index in [1.165, 1.54) is 0 Å². The van der Waals surface area contributed by atoms with Crippen LogP contribution in [-0.4, -0.2) is 435 Å². The van der Waals surface area contributed by atoms with Gasteiger partial charge in [0.15, 0.2) is 50.3 Å². The zero-order valence-corrected chi connectivity index (χ0v) is 56.3. The Morgan fingerprint density at radius 1 is 0.250 bits per heavy atom. The number of nitrogens with one attached hydrogen (secondary N) is 5. The number of hydrogen-bond donors (Lipinski definition) is 26. The number of carbonyl (C=O) groups is 5. The van der Waals surface area contributed by atoms with Crippen LogP contribution in [0.3, 0.4) is 0 Å². The molecule has 0 saturated carbocycles. The molecule has 8 saturated heterocycles. The van der Waals surface area contributed by atoms with E-state index in [1.807, 2.05) is 0 Å². The van der Waals surface area contributed by atoms with Gasteiger partial charge in [-0.3, -0.25) is 24.0 Å². The lowest BCUT2D eigenvalue weighted by atomic mass is 9.93. The first-order valence-electron chi connectivity index (χ1n) is 33.1. The Kier molecular flexibility index (Phi) is 30.9. The molecule has 8 fully saturated rings. The Morgan fingerprint density at radius 3 is 0.875 bits per heavy atom. The van der Waals surface area contributed by atoms with Crippen molar-refractivity contribution in [1.82, 2.24) is 26.6 Å². The molecule has 0 unspecified atom stereocenters. The number of amides is 5. The minimum absolute atomic E-state index is 0.772. The first kappa shape index (κ1) is 85.5. The summed E-state index contributed by atoms with van der Waals surface area (Å²) in [5.41, 5.74) is 0. The largest absolute Gasteiger partial charge is 0.394 e. The molecule has 600 valence electrons. The summed E-state index contributed by atoms with van der Waals surface area (Å²) >= 11 is 0. The average molecular weight is 1520 g/mol. The number of ether oxygens (including phenoxy) is 15. The highest BCUT2D eigenvalue weighted by molar-refractivity contribution is 5.75. The van der Waals surface area contributed by atoms with Gasteiger partial charge in [-0.15, -0.1) is 0 Å². The molecule has 0 spiro atoms. The Hall–Kier alpha value is -4.09. The lowest BCUT2D eigenvalue weighted by Crippen LogP contribution is -2.71. The van der Waals surface area contributed by atoms with Gasteiger partial charge in [-0.2, -0.15) is 0 Å². The van der Waals surface area contributed by atoms with Crippen molar-refractivity contribution in [2.45, 2.75) is 280 Å². The minimum atomic E-state index is -2.53. The third-order valence-electron chi connectivity index (χ3n) is 18.7. The number of carbonyl (C=O) groups excluding carboxylic acids is 5. The van der Waals surface area contributed by atoms with E-state index in [2.05, 4.69) is 26.6 Å². The molecule has 0 bridgehead atoms. The van der Waals surface area contributed by atoms with E-state index in [4.69, 9.17) is 71.1 Å². The van der Waals surface area contributed by atoms with E-state index in [-0.39, 0.29) is 0 Å². The maximum absolute atomic E-state index is 13.0. The van der Waals surface area contributed by atoms with Crippen LogP contribution >= 0.6 is 0 Å². The van der Waals surface area contributed by atoms with Gasteiger partial charge in [0, 0.05) is 34.6 Å². The van der Waals surface area contributed by atoms with Crippen molar-refractivity contribution in [3.63, 3.8) is 0 Å². The fraction of sp³-hybridized carbons (Fsp3) is 0.914. The third kappa shape index (κ3) is 19.2. The van der Waals surface area contributed by atoms with Crippen LogP contribution in [-0.2, 0) is 95.0 Å². The maximum atomic E-state index is 13.0. The Labute approximate surface area is 589 Å². The molecule has 8 aliphatic heterocycles. The second-order valence-corrected chi connectivity index (χ2v) is 26.1. The highest BCUT2D eigenvalue weighted by Crippen LogP contribution is 2.39. The van der Waals surface area contributed by atoms with Gasteiger partial charge < -0.3 is 205 Å². The molecule has 0 aliphatic carbocycles. The van der Waals surface area contributed by atoms with E-state index in [9.17, 15) is 131 Å². The Bertz CT molecular complexity index is 2770. The smallest absolute Gasteiger partial charge is 0.217 e. The lowest BCUT2D eigenvalue weighted by Gasteiger charge is -2.51. The fourth-order valence-electron chi connectivity index (χ4n) is 13.4. The zero-order chi connectivity index (χ0) is 76.8. The molecule has 8 heterocycles. The summed E-state index contributed by atoms with van der Waals surface area (Å²) in [6.07, 6.45) is -71.3. The topological polar surface area (TPSA) is 709 Å². The van der Waals surface area contributed by atoms with Crippen molar-refractivity contribution in [2.24, 2.45) is 0 Å². The summed E-state index contributed by atoms with van der Waals surface area (Å²) in [4.78, 5) is 62.7. The molecular formula is C58H97N5O41. The maximum Gasteiger partial charge on any atom is 0.217 e. The molecule has 46 nitrogen and oxygen atoms in total. The molecule has 26 N–H and O–H groups in total. The van der Waals surface area contributed by atoms with Crippen molar-refractivity contribution in [3.8, 4) is 0 Å². The van der Waals surface area contributed by atoms with Gasteiger partial charge in [0.25, 0.3) is 0 Å². The number of rotatable bonds is 27. The third-order valence-corrected chi connectivity index (χ3v) is 18.7. The van der Waals surface area contributed by atoms with E-state index in [1.54, 1.807) is 0 Å². The lowest BCUT2D eigenvalue weighted by molar-refractivity contribution is -0.397. The van der Waals surface area contributed by atoms with E-state index < -0.39 is 328 Å². The Balaban J connectivity index is 1.15. The van der Waals surface area contributed by atoms with Crippen LogP contribution < -0.4 is 26.6 Å². The van der Waals surface area contributed by atoms with Gasteiger partial charge in [0.05, 0.1) is 52.9 Å². The normalized spacial score (nSPS) is 47.2. The van der Waals surface area contributed by atoms with Crippen LogP contribution in [0.2, 0.25) is 0 Å². The summed E-state index contributed by atoms with van der Waals surface area (Å²) in [7, 11) is 0. The summed E-state index contributed by atoms with van der Waals surface area (Å²) in [5.74, 6) is -4.26. The van der Waals surface area contributed by atoms with Crippen LogP contribution in [0.1, 0.15) is 34.6 Å². The summed E-state index contributed by atoms with van der Waals surface area (Å²) in [6, 6.07) is -8.81. The second kappa shape index (κ2) is 37.5. The van der Waals surface area contributed by atoms with Crippen LogP contribution in [0, 0.1) is 0 Å². The van der Waals surface area contributed by atoms with Crippen LogP contribution in [0.5, 0.6) is 0 Å². The van der Waals surface area contributed by atoms with Crippen molar-refractivity contribution >= 4 is 29.5 Å². The van der Waals surface area contributed by atoms with E-state index in [0.29, 0.717) is 0 Å². The molecule has 0 aromatic rings. The van der Waals surface area contributed by atoms with E-state index >= 15 is 0 Å². The summed E-state index contributed by atoms with van der Waals surface area (Å²) < 4.78 is 89.3. The molecule has 8 aliphatic rings. The number of hydrogen-bond acceptors (Lipinski definition) is 41. The van der Waals surface area contributed by atoms with Gasteiger partial charge in [0.2, 0.25) is 29.5 Å². The van der Waals surface area contributed by atoms with Gasteiger partial charge in [-0.1, -0.05) is 0 Å². The molecule has 5 amide bonds. The molecule has 0 aromatic carbocycles. The predicted molar refractivity (Wildman–Crippen MR) is 322 cm³/mol. The van der Waals surface area contributed by atoms with Crippen LogP contribution in [0.4, 0.5) is 0 Å². The fourth-order valence-corrected chi connectivity index (χ4v) is 13.4. The van der Waals surface area contributed by atoms with Crippen LogP contribution in [0.15, 0.2) is 0 Å². The van der Waals surface area contributed by atoms with Crippen molar-refractivity contribution < 1.29 is 202 Å².